The summed E-state index contributed by atoms with van der Waals surface area (Å²) in [7, 11) is 1.96. The van der Waals surface area contributed by atoms with Gasteiger partial charge in [-0.15, -0.1) is 13.2 Å². The van der Waals surface area contributed by atoms with Crippen molar-refractivity contribution in [3.8, 4) is 0 Å². The Balaban J connectivity index is 3.01. The quantitative estimate of drug-likeness (QED) is 0.223. The van der Waals surface area contributed by atoms with Gasteiger partial charge in [0.2, 0.25) is 0 Å². The molecular formula is C26H39BF. The van der Waals surface area contributed by atoms with Crippen LogP contribution in [-0.2, 0) is 0 Å². The predicted octanol–water partition coefficient (Wildman–Crippen LogP) is 8.08. The summed E-state index contributed by atoms with van der Waals surface area (Å²) in [6, 6.07) is 0. The van der Waals surface area contributed by atoms with Gasteiger partial charge in [-0.3, -0.25) is 0 Å². The van der Waals surface area contributed by atoms with Crippen molar-refractivity contribution in [2.24, 2.45) is 11.8 Å². The average Bonchev–Trinajstić information content (AvgIpc) is 3.45. The van der Waals surface area contributed by atoms with Crippen molar-refractivity contribution >= 4 is 7.28 Å². The topological polar surface area (TPSA) is 0 Å². The molecule has 0 saturated heterocycles. The fourth-order valence-corrected chi connectivity index (χ4v) is 3.61. The Morgan fingerprint density at radius 3 is 2.00 bits per heavy atom. The number of rotatable bonds is 13. The van der Waals surface area contributed by atoms with Crippen LogP contribution < -0.4 is 0 Å². The molecular weight excluding hydrogens is 342 g/mol. The normalized spacial score (nSPS) is 17.3. The van der Waals surface area contributed by atoms with Crippen LogP contribution in [0.15, 0.2) is 71.2 Å². The molecule has 1 unspecified atom stereocenters. The summed E-state index contributed by atoms with van der Waals surface area (Å²) in [4.78, 5) is 0. The number of allylic oxidation sites excluding steroid dienone is 10. The van der Waals surface area contributed by atoms with Crippen LogP contribution in [0, 0.1) is 11.8 Å². The maximum atomic E-state index is 13.7. The van der Waals surface area contributed by atoms with E-state index in [2.05, 4.69) is 46.1 Å². The van der Waals surface area contributed by atoms with Crippen molar-refractivity contribution in [2.45, 2.75) is 79.3 Å². The Morgan fingerprint density at radius 1 is 1.04 bits per heavy atom. The van der Waals surface area contributed by atoms with E-state index in [0.717, 1.165) is 16.9 Å². The van der Waals surface area contributed by atoms with Gasteiger partial charge in [0.15, 0.2) is 7.28 Å². The molecule has 1 rings (SSSR count). The fourth-order valence-electron chi connectivity index (χ4n) is 3.61. The lowest BCUT2D eigenvalue weighted by atomic mass is 9.62. The summed E-state index contributed by atoms with van der Waals surface area (Å²) in [6.45, 7) is 18.6. The van der Waals surface area contributed by atoms with Gasteiger partial charge in [-0.05, 0) is 69.4 Å². The molecule has 1 aliphatic carbocycles. The third-order valence-corrected chi connectivity index (χ3v) is 5.25. The Morgan fingerprint density at radius 2 is 1.57 bits per heavy atom. The van der Waals surface area contributed by atoms with Crippen molar-refractivity contribution in [2.75, 3.05) is 0 Å². The highest BCUT2D eigenvalue weighted by molar-refractivity contribution is 6.55. The van der Waals surface area contributed by atoms with E-state index in [-0.39, 0.29) is 0 Å². The highest BCUT2D eigenvalue weighted by atomic mass is 19.1. The van der Waals surface area contributed by atoms with E-state index in [0.29, 0.717) is 11.5 Å². The first-order valence-corrected chi connectivity index (χ1v) is 10.9. The zero-order valence-corrected chi connectivity index (χ0v) is 18.7. The Kier molecular flexibility index (Phi) is 11.2. The van der Waals surface area contributed by atoms with Gasteiger partial charge in [-0.1, -0.05) is 73.6 Å². The molecule has 0 aliphatic heterocycles. The summed E-state index contributed by atoms with van der Waals surface area (Å²) >= 11 is 0. The predicted molar refractivity (Wildman–Crippen MR) is 125 cm³/mol. The number of hydrogen-bond donors (Lipinski definition) is 0. The minimum Gasteiger partial charge on any atom is -0.243 e. The van der Waals surface area contributed by atoms with E-state index >= 15 is 0 Å². The maximum absolute atomic E-state index is 13.7. The Labute approximate surface area is 174 Å². The van der Waals surface area contributed by atoms with Crippen LogP contribution >= 0.6 is 0 Å². The number of alkyl halides is 1. The largest absolute Gasteiger partial charge is 0.243 e. The van der Waals surface area contributed by atoms with Gasteiger partial charge in [-0.2, -0.15) is 0 Å². The van der Waals surface area contributed by atoms with Crippen molar-refractivity contribution in [3.63, 3.8) is 0 Å². The molecule has 1 atom stereocenters. The lowest BCUT2D eigenvalue weighted by molar-refractivity contribution is 0.417. The zero-order valence-electron chi connectivity index (χ0n) is 18.7. The van der Waals surface area contributed by atoms with Gasteiger partial charge >= 0.3 is 0 Å². The van der Waals surface area contributed by atoms with Gasteiger partial charge in [0.05, 0.1) is 0 Å². The smallest absolute Gasteiger partial charge is 0.189 e. The molecule has 0 heterocycles. The number of halogens is 1. The second-order valence-electron chi connectivity index (χ2n) is 8.14. The fraction of sp³-hybridized carbons (Fsp3) is 0.538. The van der Waals surface area contributed by atoms with Crippen LogP contribution in [0.25, 0.3) is 0 Å². The van der Waals surface area contributed by atoms with Crippen LogP contribution in [0.5, 0.6) is 0 Å². The molecule has 0 aromatic heterocycles. The number of hydrogen-bond acceptors (Lipinski definition) is 0. The van der Waals surface area contributed by atoms with Gasteiger partial charge in [0.25, 0.3) is 0 Å². The minimum atomic E-state index is -1.01. The molecule has 0 aromatic rings. The van der Waals surface area contributed by atoms with Crippen LogP contribution in [0.1, 0.15) is 73.1 Å². The Bertz CT molecular complexity index is 635. The van der Waals surface area contributed by atoms with E-state index in [9.17, 15) is 4.39 Å². The van der Waals surface area contributed by atoms with Gasteiger partial charge < -0.3 is 0 Å². The highest BCUT2D eigenvalue weighted by Gasteiger charge is 2.23. The standard InChI is InChI=1S/C26H39BF/c1-8-11-24(12-9-2)26(16-19(4)23-14-15-23)18-21(6)27-20(5)17-25(13-10-3)22(7)28/h10,13,16-18,22-24H,5-6,8-9,11-12,14-15H2,1-4,7H3/b13-10-,19-16+,25-17+,26-18+. The van der Waals surface area contributed by atoms with Gasteiger partial charge in [-0.25, -0.2) is 4.39 Å². The van der Waals surface area contributed by atoms with Crippen LogP contribution in [0.3, 0.4) is 0 Å². The molecule has 0 amide bonds. The van der Waals surface area contributed by atoms with E-state index in [1.54, 1.807) is 13.0 Å². The highest BCUT2D eigenvalue weighted by Crippen LogP contribution is 2.38. The van der Waals surface area contributed by atoms with Crippen LogP contribution in [0.2, 0.25) is 0 Å². The summed E-state index contributed by atoms with van der Waals surface area (Å²) in [5, 5.41) is 0. The molecule has 0 N–H and O–H groups in total. The van der Waals surface area contributed by atoms with E-state index < -0.39 is 6.17 Å². The third kappa shape index (κ3) is 9.08. The first kappa shape index (κ1) is 24.5. The van der Waals surface area contributed by atoms with Crippen molar-refractivity contribution in [3.05, 3.63) is 71.2 Å². The molecule has 1 fully saturated rings. The van der Waals surface area contributed by atoms with Crippen molar-refractivity contribution in [1.29, 1.82) is 0 Å². The SMILES string of the molecule is C=C([B]C(=C)/C=C(\C=C/C)C(C)F)/C=C(\C=C(/C)C1CC1)C(CCC)CCC. The van der Waals surface area contributed by atoms with Crippen LogP contribution in [-0.4, -0.2) is 13.5 Å². The molecule has 0 nitrogen and oxygen atoms in total. The zero-order chi connectivity index (χ0) is 21.1. The monoisotopic (exact) mass is 381 g/mol. The molecule has 0 spiro atoms. The first-order chi connectivity index (χ1) is 13.3. The lowest BCUT2D eigenvalue weighted by Gasteiger charge is -2.19. The lowest BCUT2D eigenvalue weighted by Crippen LogP contribution is -2.06. The summed E-state index contributed by atoms with van der Waals surface area (Å²) in [6.07, 6.45) is 16.5. The minimum absolute atomic E-state index is 0.571. The molecule has 0 bridgehead atoms. The summed E-state index contributed by atoms with van der Waals surface area (Å²) in [5.41, 5.74) is 5.23. The van der Waals surface area contributed by atoms with Gasteiger partial charge in [0, 0.05) is 0 Å². The van der Waals surface area contributed by atoms with Crippen LogP contribution in [0.4, 0.5) is 4.39 Å². The van der Waals surface area contributed by atoms with E-state index in [1.165, 1.54) is 49.7 Å². The van der Waals surface area contributed by atoms with E-state index in [4.69, 9.17) is 0 Å². The maximum Gasteiger partial charge on any atom is 0.189 e. The third-order valence-electron chi connectivity index (χ3n) is 5.25. The molecule has 28 heavy (non-hydrogen) atoms. The molecule has 153 valence electrons. The van der Waals surface area contributed by atoms with Gasteiger partial charge in [0.1, 0.15) is 6.17 Å². The first-order valence-electron chi connectivity index (χ1n) is 10.9. The Hall–Kier alpha value is -1.57. The molecule has 2 heteroatoms. The molecule has 1 saturated carbocycles. The average molecular weight is 381 g/mol. The molecule has 0 aromatic carbocycles. The summed E-state index contributed by atoms with van der Waals surface area (Å²) in [5.74, 6) is 1.35. The van der Waals surface area contributed by atoms with Crippen molar-refractivity contribution < 1.29 is 4.39 Å². The second-order valence-corrected chi connectivity index (χ2v) is 8.14. The second kappa shape index (κ2) is 12.8. The summed E-state index contributed by atoms with van der Waals surface area (Å²) < 4.78 is 13.7. The van der Waals surface area contributed by atoms with Crippen molar-refractivity contribution in [1.82, 2.24) is 0 Å². The van der Waals surface area contributed by atoms with E-state index in [1.807, 2.05) is 26.4 Å². The molecule has 1 radical (unpaired) electrons. The molecule has 1 aliphatic rings.